The number of hydrogen-bond acceptors (Lipinski definition) is 10. The van der Waals surface area contributed by atoms with Crippen molar-refractivity contribution in [1.29, 1.82) is 0 Å². The summed E-state index contributed by atoms with van der Waals surface area (Å²) >= 11 is 14.2. The van der Waals surface area contributed by atoms with E-state index in [1.54, 1.807) is 37.4 Å². The van der Waals surface area contributed by atoms with Crippen molar-refractivity contribution < 1.29 is 18.8 Å². The van der Waals surface area contributed by atoms with Crippen LogP contribution in [-0.2, 0) is 16.0 Å². The molecule has 0 atom stereocenters. The molecule has 0 radical (unpaired) electrons. The zero-order valence-electron chi connectivity index (χ0n) is 18.7. The van der Waals surface area contributed by atoms with Crippen molar-refractivity contribution in [3.05, 3.63) is 58.4 Å². The number of anilines is 2. The topological polar surface area (TPSA) is 132 Å². The van der Waals surface area contributed by atoms with Gasteiger partial charge >= 0.3 is 0 Å². The maximum absolute atomic E-state index is 12.3. The van der Waals surface area contributed by atoms with Crippen LogP contribution < -0.4 is 15.4 Å². The van der Waals surface area contributed by atoms with E-state index in [1.165, 1.54) is 23.1 Å². The summed E-state index contributed by atoms with van der Waals surface area (Å²) < 4.78 is 10.9. The molecule has 0 unspecified atom stereocenters. The average molecular weight is 565 g/mol. The van der Waals surface area contributed by atoms with Gasteiger partial charge in [-0.2, -0.15) is 4.98 Å². The lowest BCUT2D eigenvalue weighted by atomic mass is 10.2. The molecule has 2 N–H and O–H groups in total. The highest BCUT2D eigenvalue weighted by Gasteiger charge is 2.14. The number of amides is 2. The van der Waals surface area contributed by atoms with Gasteiger partial charge in [0.25, 0.3) is 0 Å². The lowest BCUT2D eigenvalue weighted by Gasteiger charge is -2.05. The molecule has 10 nitrogen and oxygen atoms in total. The molecule has 2 heterocycles. The Labute approximate surface area is 223 Å². The first-order chi connectivity index (χ1) is 17.4. The Kier molecular flexibility index (Phi) is 8.75. The van der Waals surface area contributed by atoms with Crippen LogP contribution in [0.2, 0.25) is 10.0 Å². The van der Waals surface area contributed by atoms with Gasteiger partial charge in [-0.1, -0.05) is 51.5 Å². The SMILES string of the molecule is COc1ccc(-c2noc(CCC(=O)Nc3nnc(SCC(=O)Nc4ccc(Cl)c(Cl)c4)s3)n2)cc1. The molecular formula is C22H18Cl2N6O4S2. The van der Waals surface area contributed by atoms with Gasteiger partial charge in [0, 0.05) is 24.1 Å². The van der Waals surface area contributed by atoms with E-state index in [1.807, 2.05) is 12.1 Å². The normalized spacial score (nSPS) is 10.8. The maximum atomic E-state index is 12.3. The summed E-state index contributed by atoms with van der Waals surface area (Å²) in [5.41, 5.74) is 1.32. The Hall–Kier alpha value is -3.19. The summed E-state index contributed by atoms with van der Waals surface area (Å²) in [6.45, 7) is 0. The standard InChI is InChI=1S/C22H18Cl2N6O4S2/c1-33-14-5-2-12(3-6-14)20-27-19(34-30-20)9-8-17(31)26-21-28-29-22(36-21)35-11-18(32)25-13-4-7-15(23)16(24)10-13/h2-7,10H,8-9,11H2,1H3,(H,25,32)(H,26,28,31). The van der Waals surface area contributed by atoms with Gasteiger partial charge in [-0.05, 0) is 42.5 Å². The highest BCUT2D eigenvalue weighted by Crippen LogP contribution is 2.27. The smallest absolute Gasteiger partial charge is 0.234 e. The molecule has 2 aromatic heterocycles. The summed E-state index contributed by atoms with van der Waals surface area (Å²) in [5.74, 6) is 1.09. The van der Waals surface area contributed by atoms with E-state index in [0.29, 0.717) is 36.9 Å². The largest absolute Gasteiger partial charge is 0.497 e. The first kappa shape index (κ1) is 25.9. The minimum absolute atomic E-state index is 0.108. The molecule has 0 bridgehead atoms. The summed E-state index contributed by atoms with van der Waals surface area (Å²) in [6, 6.07) is 12.1. The highest BCUT2D eigenvalue weighted by molar-refractivity contribution is 8.01. The van der Waals surface area contributed by atoms with Gasteiger partial charge < -0.3 is 19.9 Å². The Balaban J connectivity index is 1.21. The molecule has 14 heteroatoms. The van der Waals surface area contributed by atoms with E-state index in [0.717, 1.165) is 11.3 Å². The van der Waals surface area contributed by atoms with Gasteiger partial charge in [0.2, 0.25) is 28.7 Å². The summed E-state index contributed by atoms with van der Waals surface area (Å²) in [6.07, 6.45) is 0.392. The van der Waals surface area contributed by atoms with Crippen LogP contribution in [-0.4, -0.2) is 45.0 Å². The van der Waals surface area contributed by atoms with E-state index in [2.05, 4.69) is 31.0 Å². The fourth-order valence-electron chi connectivity index (χ4n) is 2.83. The molecule has 0 saturated heterocycles. The van der Waals surface area contributed by atoms with Crippen molar-refractivity contribution >= 4 is 68.9 Å². The molecule has 0 fully saturated rings. The van der Waals surface area contributed by atoms with Crippen LogP contribution in [0.25, 0.3) is 11.4 Å². The van der Waals surface area contributed by atoms with Crippen LogP contribution in [0.3, 0.4) is 0 Å². The number of thioether (sulfide) groups is 1. The van der Waals surface area contributed by atoms with Crippen molar-refractivity contribution in [2.75, 3.05) is 23.5 Å². The van der Waals surface area contributed by atoms with Gasteiger partial charge in [-0.25, -0.2) is 0 Å². The molecule has 4 aromatic rings. The molecule has 0 saturated carbocycles. The van der Waals surface area contributed by atoms with E-state index in [-0.39, 0.29) is 30.4 Å². The molecule has 2 amide bonds. The zero-order valence-corrected chi connectivity index (χ0v) is 21.8. The fourth-order valence-corrected chi connectivity index (χ4v) is 4.70. The van der Waals surface area contributed by atoms with Gasteiger partial charge in [0.05, 0.1) is 22.9 Å². The molecule has 2 aromatic carbocycles. The number of aryl methyl sites for hydroxylation is 1. The number of nitrogens with zero attached hydrogens (tertiary/aromatic N) is 4. The third-order valence-corrected chi connectivity index (χ3v) is 7.28. The van der Waals surface area contributed by atoms with Crippen molar-refractivity contribution in [1.82, 2.24) is 20.3 Å². The molecule has 4 rings (SSSR count). The number of benzene rings is 2. The lowest BCUT2D eigenvalue weighted by molar-refractivity contribution is -0.116. The first-order valence-corrected chi connectivity index (χ1v) is 12.9. The third-order valence-electron chi connectivity index (χ3n) is 4.57. The zero-order chi connectivity index (χ0) is 25.5. The number of rotatable bonds is 10. The Bertz CT molecular complexity index is 1360. The second kappa shape index (κ2) is 12.2. The van der Waals surface area contributed by atoms with Crippen LogP contribution in [0, 0.1) is 0 Å². The molecule has 0 aliphatic heterocycles. The third kappa shape index (κ3) is 7.17. The van der Waals surface area contributed by atoms with Crippen LogP contribution in [0.15, 0.2) is 51.3 Å². The van der Waals surface area contributed by atoms with E-state index < -0.39 is 0 Å². The van der Waals surface area contributed by atoms with E-state index >= 15 is 0 Å². The monoisotopic (exact) mass is 564 g/mol. The first-order valence-electron chi connectivity index (χ1n) is 10.4. The number of carbonyl (C=O) groups excluding carboxylic acids is 2. The van der Waals surface area contributed by atoms with Crippen molar-refractivity contribution in [2.45, 2.75) is 17.2 Å². The maximum Gasteiger partial charge on any atom is 0.234 e. The Morgan fingerprint density at radius 2 is 1.86 bits per heavy atom. The molecule has 0 aliphatic carbocycles. The second-order valence-corrected chi connectivity index (χ2v) is 10.1. The number of methoxy groups -OCH3 is 1. The minimum Gasteiger partial charge on any atom is -0.497 e. The van der Waals surface area contributed by atoms with Crippen LogP contribution >= 0.6 is 46.3 Å². The number of hydrogen-bond donors (Lipinski definition) is 2. The fraction of sp³-hybridized carbons (Fsp3) is 0.182. The van der Waals surface area contributed by atoms with Crippen LogP contribution in [0.1, 0.15) is 12.3 Å². The predicted octanol–water partition coefficient (Wildman–Crippen LogP) is 5.21. The van der Waals surface area contributed by atoms with Crippen molar-refractivity contribution in [3.63, 3.8) is 0 Å². The van der Waals surface area contributed by atoms with Crippen LogP contribution in [0.5, 0.6) is 5.75 Å². The van der Waals surface area contributed by atoms with E-state index in [4.69, 9.17) is 32.5 Å². The quantitative estimate of drug-likeness (QED) is 0.197. The minimum atomic E-state index is -0.274. The van der Waals surface area contributed by atoms with Crippen molar-refractivity contribution in [2.24, 2.45) is 0 Å². The molecule has 0 spiro atoms. The van der Waals surface area contributed by atoms with E-state index in [9.17, 15) is 9.59 Å². The number of ether oxygens (including phenoxy) is 1. The Morgan fingerprint density at radius 1 is 1.06 bits per heavy atom. The number of carbonyl (C=O) groups is 2. The average Bonchev–Trinajstić information content (AvgIpc) is 3.53. The Morgan fingerprint density at radius 3 is 2.61 bits per heavy atom. The summed E-state index contributed by atoms with van der Waals surface area (Å²) in [5, 5.41) is 18.4. The summed E-state index contributed by atoms with van der Waals surface area (Å²) in [4.78, 5) is 28.8. The van der Waals surface area contributed by atoms with Gasteiger partial charge in [-0.15, -0.1) is 10.2 Å². The molecule has 0 aliphatic rings. The van der Waals surface area contributed by atoms with Gasteiger partial charge in [0.15, 0.2) is 4.34 Å². The molecular weight excluding hydrogens is 547 g/mol. The number of aromatic nitrogens is 4. The number of nitrogens with one attached hydrogen (secondary N) is 2. The lowest BCUT2D eigenvalue weighted by Crippen LogP contribution is -2.13. The van der Waals surface area contributed by atoms with Gasteiger partial charge in [0.1, 0.15) is 5.75 Å². The van der Waals surface area contributed by atoms with Crippen molar-refractivity contribution in [3.8, 4) is 17.1 Å². The van der Waals surface area contributed by atoms with Gasteiger partial charge in [-0.3, -0.25) is 9.59 Å². The molecule has 36 heavy (non-hydrogen) atoms. The second-order valence-electron chi connectivity index (χ2n) is 7.13. The molecule has 186 valence electrons. The highest BCUT2D eigenvalue weighted by atomic mass is 35.5. The predicted molar refractivity (Wildman–Crippen MR) is 139 cm³/mol. The summed E-state index contributed by atoms with van der Waals surface area (Å²) in [7, 11) is 1.59. The number of halogens is 2. The van der Waals surface area contributed by atoms with Crippen LogP contribution in [0.4, 0.5) is 10.8 Å².